The van der Waals surface area contributed by atoms with Gasteiger partial charge in [-0.3, -0.25) is 0 Å². The van der Waals surface area contributed by atoms with Crippen LogP contribution in [0.5, 0.6) is 0 Å². The third kappa shape index (κ3) is 2.54. The van der Waals surface area contributed by atoms with Crippen LogP contribution in [-0.4, -0.2) is 22.9 Å². The molecule has 0 saturated carbocycles. The molecule has 0 aliphatic carbocycles. The summed E-state index contributed by atoms with van der Waals surface area (Å²) < 4.78 is 5.01. The Morgan fingerprint density at radius 2 is 2.23 bits per heavy atom. The molecule has 0 bridgehead atoms. The molecule has 1 aromatic heterocycles. The lowest BCUT2D eigenvalue weighted by Gasteiger charge is -2.09. The van der Waals surface area contributed by atoms with E-state index in [4.69, 9.17) is 9.63 Å². The predicted octanol–water partition coefficient (Wildman–Crippen LogP) is 0.762. The number of aliphatic hydroxyl groups is 1. The van der Waals surface area contributed by atoms with Crippen LogP contribution in [0.3, 0.4) is 0 Å². The van der Waals surface area contributed by atoms with E-state index in [1.54, 1.807) is 0 Å². The SMILES string of the molecule is Cc1noc(C)c1CN[C@@H](C)CO. The fraction of sp³-hybridized carbons (Fsp3) is 0.667. The van der Waals surface area contributed by atoms with E-state index in [1.165, 1.54) is 0 Å². The van der Waals surface area contributed by atoms with E-state index in [1.807, 2.05) is 20.8 Å². The Morgan fingerprint density at radius 3 is 2.69 bits per heavy atom. The van der Waals surface area contributed by atoms with Crippen molar-refractivity contribution < 1.29 is 9.63 Å². The van der Waals surface area contributed by atoms with Gasteiger partial charge in [-0.05, 0) is 20.8 Å². The highest BCUT2D eigenvalue weighted by molar-refractivity contribution is 5.20. The molecular formula is C9H16N2O2. The minimum Gasteiger partial charge on any atom is -0.395 e. The normalized spacial score (nSPS) is 13.2. The molecule has 1 rings (SSSR count). The van der Waals surface area contributed by atoms with Crippen molar-refractivity contribution in [1.29, 1.82) is 0 Å². The molecule has 0 fully saturated rings. The highest BCUT2D eigenvalue weighted by atomic mass is 16.5. The van der Waals surface area contributed by atoms with Crippen molar-refractivity contribution in [1.82, 2.24) is 10.5 Å². The Kier molecular flexibility index (Phi) is 3.45. The summed E-state index contributed by atoms with van der Waals surface area (Å²) in [6, 6.07) is 0.105. The van der Waals surface area contributed by atoms with E-state index in [-0.39, 0.29) is 12.6 Å². The Morgan fingerprint density at radius 1 is 1.54 bits per heavy atom. The average molecular weight is 184 g/mol. The van der Waals surface area contributed by atoms with E-state index in [0.717, 1.165) is 17.0 Å². The molecule has 0 spiro atoms. The number of nitrogens with one attached hydrogen (secondary N) is 1. The Labute approximate surface area is 77.9 Å². The molecule has 13 heavy (non-hydrogen) atoms. The van der Waals surface area contributed by atoms with Gasteiger partial charge >= 0.3 is 0 Å². The lowest BCUT2D eigenvalue weighted by molar-refractivity contribution is 0.251. The van der Waals surface area contributed by atoms with E-state index >= 15 is 0 Å². The van der Waals surface area contributed by atoms with Gasteiger partial charge in [-0.25, -0.2) is 0 Å². The maximum absolute atomic E-state index is 8.80. The first-order chi connectivity index (χ1) is 6.15. The van der Waals surface area contributed by atoms with E-state index < -0.39 is 0 Å². The Balaban J connectivity index is 2.53. The quantitative estimate of drug-likeness (QED) is 0.725. The largest absolute Gasteiger partial charge is 0.395 e. The first kappa shape index (κ1) is 10.2. The topological polar surface area (TPSA) is 58.3 Å². The molecule has 4 nitrogen and oxygen atoms in total. The number of aliphatic hydroxyl groups excluding tert-OH is 1. The van der Waals surface area contributed by atoms with Crippen LogP contribution >= 0.6 is 0 Å². The van der Waals surface area contributed by atoms with E-state index in [9.17, 15) is 0 Å². The van der Waals surface area contributed by atoms with Crippen molar-refractivity contribution in [2.24, 2.45) is 0 Å². The number of aryl methyl sites for hydroxylation is 2. The second-order valence-corrected chi connectivity index (χ2v) is 3.27. The summed E-state index contributed by atoms with van der Waals surface area (Å²) in [4.78, 5) is 0. The smallest absolute Gasteiger partial charge is 0.138 e. The molecule has 1 atom stereocenters. The minimum atomic E-state index is 0.105. The summed E-state index contributed by atoms with van der Waals surface area (Å²) in [5.74, 6) is 0.843. The number of aromatic nitrogens is 1. The third-order valence-corrected chi connectivity index (χ3v) is 2.08. The minimum absolute atomic E-state index is 0.105. The second-order valence-electron chi connectivity index (χ2n) is 3.27. The molecule has 4 heteroatoms. The lowest BCUT2D eigenvalue weighted by atomic mass is 10.2. The van der Waals surface area contributed by atoms with Gasteiger partial charge in [0.25, 0.3) is 0 Å². The molecule has 1 heterocycles. The molecule has 2 N–H and O–H groups in total. The second kappa shape index (κ2) is 4.39. The third-order valence-electron chi connectivity index (χ3n) is 2.08. The van der Waals surface area contributed by atoms with Crippen LogP contribution in [0.2, 0.25) is 0 Å². The molecular weight excluding hydrogens is 168 g/mol. The van der Waals surface area contributed by atoms with Gasteiger partial charge in [-0.2, -0.15) is 0 Å². The van der Waals surface area contributed by atoms with Crippen molar-refractivity contribution in [2.45, 2.75) is 33.4 Å². The zero-order chi connectivity index (χ0) is 9.84. The van der Waals surface area contributed by atoms with E-state index in [2.05, 4.69) is 10.5 Å². The lowest BCUT2D eigenvalue weighted by Crippen LogP contribution is -2.28. The fourth-order valence-electron chi connectivity index (χ4n) is 1.10. The number of nitrogens with zero attached hydrogens (tertiary/aromatic N) is 1. The van der Waals surface area contributed by atoms with Gasteiger partial charge in [-0.1, -0.05) is 5.16 Å². The van der Waals surface area contributed by atoms with Crippen molar-refractivity contribution in [3.8, 4) is 0 Å². The van der Waals surface area contributed by atoms with Crippen molar-refractivity contribution in [3.63, 3.8) is 0 Å². The number of rotatable bonds is 4. The van der Waals surface area contributed by atoms with E-state index in [0.29, 0.717) is 6.54 Å². The van der Waals surface area contributed by atoms with Gasteiger partial charge in [0.1, 0.15) is 5.76 Å². The van der Waals surface area contributed by atoms with Crippen molar-refractivity contribution in [3.05, 3.63) is 17.0 Å². The zero-order valence-corrected chi connectivity index (χ0v) is 8.29. The van der Waals surface area contributed by atoms with Crippen LogP contribution in [0.4, 0.5) is 0 Å². The first-order valence-corrected chi connectivity index (χ1v) is 4.41. The van der Waals surface area contributed by atoms with Gasteiger partial charge in [0.15, 0.2) is 0 Å². The highest BCUT2D eigenvalue weighted by Gasteiger charge is 2.09. The molecule has 0 aliphatic rings. The monoisotopic (exact) mass is 184 g/mol. The predicted molar refractivity (Wildman–Crippen MR) is 49.4 cm³/mol. The van der Waals surface area contributed by atoms with Crippen LogP contribution in [0, 0.1) is 13.8 Å². The maximum atomic E-state index is 8.80. The van der Waals surface area contributed by atoms with Crippen LogP contribution in [0.15, 0.2) is 4.52 Å². The van der Waals surface area contributed by atoms with Gasteiger partial charge in [0.2, 0.25) is 0 Å². The molecule has 0 aromatic carbocycles. The summed E-state index contributed by atoms with van der Waals surface area (Å²) in [5, 5.41) is 15.8. The fourth-order valence-corrected chi connectivity index (χ4v) is 1.10. The van der Waals surface area contributed by atoms with Gasteiger partial charge in [0, 0.05) is 18.2 Å². The molecule has 0 unspecified atom stereocenters. The molecule has 0 aliphatic heterocycles. The standard InChI is InChI=1S/C9H16N2O2/c1-6(5-12)10-4-9-7(2)11-13-8(9)3/h6,10,12H,4-5H2,1-3H3/t6-/m0/s1. The average Bonchev–Trinajstić information content (AvgIpc) is 2.43. The summed E-state index contributed by atoms with van der Waals surface area (Å²) in [5.41, 5.74) is 2.00. The van der Waals surface area contributed by atoms with Crippen LogP contribution in [0.25, 0.3) is 0 Å². The van der Waals surface area contributed by atoms with Gasteiger partial charge in [-0.15, -0.1) is 0 Å². The number of hydrogen-bond donors (Lipinski definition) is 2. The molecule has 1 aromatic rings. The van der Waals surface area contributed by atoms with Crippen LogP contribution in [-0.2, 0) is 6.54 Å². The Hall–Kier alpha value is -0.870. The van der Waals surface area contributed by atoms with Crippen LogP contribution in [0.1, 0.15) is 23.9 Å². The highest BCUT2D eigenvalue weighted by Crippen LogP contribution is 2.11. The maximum Gasteiger partial charge on any atom is 0.138 e. The van der Waals surface area contributed by atoms with Crippen molar-refractivity contribution >= 4 is 0 Å². The molecule has 0 saturated heterocycles. The molecule has 0 radical (unpaired) electrons. The summed E-state index contributed by atoms with van der Waals surface area (Å²) in [6.07, 6.45) is 0. The molecule has 74 valence electrons. The summed E-state index contributed by atoms with van der Waals surface area (Å²) >= 11 is 0. The van der Waals surface area contributed by atoms with Crippen LogP contribution < -0.4 is 5.32 Å². The zero-order valence-electron chi connectivity index (χ0n) is 8.29. The summed E-state index contributed by atoms with van der Waals surface area (Å²) in [7, 11) is 0. The van der Waals surface area contributed by atoms with Crippen molar-refractivity contribution in [2.75, 3.05) is 6.61 Å². The van der Waals surface area contributed by atoms with Gasteiger partial charge in [0.05, 0.1) is 12.3 Å². The summed E-state index contributed by atoms with van der Waals surface area (Å²) in [6.45, 7) is 6.57. The first-order valence-electron chi connectivity index (χ1n) is 4.41. The molecule has 0 amide bonds. The number of hydrogen-bond acceptors (Lipinski definition) is 4. The Bertz CT molecular complexity index is 251. The van der Waals surface area contributed by atoms with Gasteiger partial charge < -0.3 is 14.9 Å².